The van der Waals surface area contributed by atoms with Crippen LogP contribution in [0.4, 0.5) is 4.79 Å². The minimum atomic E-state index is -0.935. The molecule has 0 radical (unpaired) electrons. The Labute approximate surface area is 111 Å². The van der Waals surface area contributed by atoms with E-state index in [0.29, 0.717) is 13.1 Å². The van der Waals surface area contributed by atoms with Gasteiger partial charge >= 0.3 is 12.0 Å². The summed E-state index contributed by atoms with van der Waals surface area (Å²) in [6.07, 6.45) is 3.85. The lowest BCUT2D eigenvalue weighted by molar-refractivity contribution is -0.142. The maximum atomic E-state index is 12.3. The molecule has 2 rings (SSSR count). The van der Waals surface area contributed by atoms with Gasteiger partial charge in [-0.2, -0.15) is 0 Å². The average molecular weight is 266 g/mol. The molecular formula is C13H18N2O4. The third kappa shape index (κ3) is 2.72. The Bertz CT molecular complexity index is 457. The van der Waals surface area contributed by atoms with E-state index in [1.54, 1.807) is 25.6 Å². The fourth-order valence-electron chi connectivity index (χ4n) is 2.48. The van der Waals surface area contributed by atoms with Crippen molar-refractivity contribution in [2.75, 3.05) is 13.6 Å². The second-order valence-corrected chi connectivity index (χ2v) is 5.01. The molecule has 1 aliphatic heterocycles. The minimum Gasteiger partial charge on any atom is -0.480 e. The number of likely N-dealkylation sites (tertiary alicyclic amines) is 1. The van der Waals surface area contributed by atoms with Gasteiger partial charge in [0.05, 0.1) is 19.1 Å². The van der Waals surface area contributed by atoms with Crippen molar-refractivity contribution in [1.29, 1.82) is 0 Å². The molecule has 2 heterocycles. The number of urea groups is 1. The summed E-state index contributed by atoms with van der Waals surface area (Å²) in [6, 6.07) is 0.808. The van der Waals surface area contributed by atoms with Crippen molar-refractivity contribution in [1.82, 2.24) is 9.80 Å². The Balaban J connectivity index is 2.04. The van der Waals surface area contributed by atoms with Crippen LogP contribution in [0.15, 0.2) is 23.0 Å². The van der Waals surface area contributed by atoms with Crippen molar-refractivity contribution in [3.8, 4) is 0 Å². The summed E-state index contributed by atoms with van der Waals surface area (Å²) >= 11 is 0. The lowest BCUT2D eigenvalue weighted by Crippen LogP contribution is -2.47. The van der Waals surface area contributed by atoms with E-state index in [0.717, 1.165) is 12.0 Å². The van der Waals surface area contributed by atoms with E-state index < -0.39 is 12.0 Å². The van der Waals surface area contributed by atoms with Crippen LogP contribution in [0.2, 0.25) is 0 Å². The Morgan fingerprint density at radius 3 is 2.89 bits per heavy atom. The highest BCUT2D eigenvalue weighted by molar-refractivity contribution is 5.83. The largest absolute Gasteiger partial charge is 0.480 e. The smallest absolute Gasteiger partial charge is 0.326 e. The van der Waals surface area contributed by atoms with Crippen LogP contribution in [-0.4, -0.2) is 46.5 Å². The van der Waals surface area contributed by atoms with Gasteiger partial charge in [0.25, 0.3) is 0 Å². The second kappa shape index (κ2) is 5.34. The Morgan fingerprint density at radius 1 is 1.58 bits per heavy atom. The molecule has 0 aromatic carbocycles. The molecule has 19 heavy (non-hydrogen) atoms. The molecule has 1 aliphatic rings. The summed E-state index contributed by atoms with van der Waals surface area (Å²) in [5, 5.41) is 9.21. The standard InChI is InChI=1S/C13H18N2O4/c1-9-3-5-15(11(9)12(16)17)13(18)14(2)7-10-4-6-19-8-10/h4,6,8-9,11H,3,5,7H2,1-2H3,(H,16,17). The van der Waals surface area contributed by atoms with Crippen molar-refractivity contribution in [2.45, 2.75) is 25.9 Å². The molecule has 2 atom stereocenters. The summed E-state index contributed by atoms with van der Waals surface area (Å²) in [7, 11) is 1.66. The predicted octanol–water partition coefficient (Wildman–Crippen LogP) is 1.63. The van der Waals surface area contributed by atoms with Gasteiger partial charge in [0.1, 0.15) is 6.04 Å². The zero-order chi connectivity index (χ0) is 14.0. The van der Waals surface area contributed by atoms with E-state index in [2.05, 4.69) is 0 Å². The van der Waals surface area contributed by atoms with Gasteiger partial charge in [-0.25, -0.2) is 9.59 Å². The van der Waals surface area contributed by atoms with Crippen molar-refractivity contribution >= 4 is 12.0 Å². The molecule has 6 nitrogen and oxygen atoms in total. The molecule has 0 saturated carbocycles. The molecule has 2 unspecified atom stereocenters. The number of hydrogen-bond donors (Lipinski definition) is 1. The van der Waals surface area contributed by atoms with E-state index in [-0.39, 0.29) is 11.9 Å². The van der Waals surface area contributed by atoms with Gasteiger partial charge in [0.15, 0.2) is 0 Å². The maximum Gasteiger partial charge on any atom is 0.326 e. The van der Waals surface area contributed by atoms with Crippen LogP contribution in [0.25, 0.3) is 0 Å². The first kappa shape index (κ1) is 13.5. The van der Waals surface area contributed by atoms with Crippen LogP contribution in [0.5, 0.6) is 0 Å². The normalized spacial score (nSPS) is 22.5. The molecule has 104 valence electrons. The molecule has 0 spiro atoms. The van der Waals surface area contributed by atoms with E-state index in [4.69, 9.17) is 4.42 Å². The minimum absolute atomic E-state index is 0.0104. The zero-order valence-electron chi connectivity index (χ0n) is 11.1. The van der Waals surface area contributed by atoms with Crippen LogP contribution in [0.3, 0.4) is 0 Å². The number of carboxylic acid groups (broad SMARTS) is 1. The van der Waals surface area contributed by atoms with Gasteiger partial charge in [-0.3, -0.25) is 0 Å². The Morgan fingerprint density at radius 2 is 2.32 bits per heavy atom. The number of carbonyl (C=O) groups excluding carboxylic acids is 1. The highest BCUT2D eigenvalue weighted by Crippen LogP contribution is 2.25. The lowest BCUT2D eigenvalue weighted by atomic mass is 10.0. The van der Waals surface area contributed by atoms with Crippen molar-refractivity contribution in [2.24, 2.45) is 5.92 Å². The van der Waals surface area contributed by atoms with E-state index in [1.165, 1.54) is 9.80 Å². The van der Waals surface area contributed by atoms with Crippen molar-refractivity contribution in [3.05, 3.63) is 24.2 Å². The fraction of sp³-hybridized carbons (Fsp3) is 0.538. The number of aliphatic carboxylic acids is 1. The number of hydrogen-bond acceptors (Lipinski definition) is 3. The first-order valence-corrected chi connectivity index (χ1v) is 6.26. The average Bonchev–Trinajstić information content (AvgIpc) is 2.97. The van der Waals surface area contributed by atoms with E-state index >= 15 is 0 Å². The summed E-state index contributed by atoms with van der Waals surface area (Å²) in [5.74, 6) is -0.946. The Kier molecular flexibility index (Phi) is 3.78. The number of nitrogens with zero attached hydrogens (tertiary/aromatic N) is 2. The van der Waals surface area contributed by atoms with E-state index in [1.807, 2.05) is 6.92 Å². The molecule has 0 bridgehead atoms. The fourth-order valence-corrected chi connectivity index (χ4v) is 2.48. The molecule has 1 N–H and O–H groups in total. The molecule has 1 aromatic rings. The van der Waals surface area contributed by atoms with Crippen LogP contribution < -0.4 is 0 Å². The summed E-state index contributed by atoms with van der Waals surface area (Å²) < 4.78 is 4.95. The molecular weight excluding hydrogens is 248 g/mol. The van der Waals surface area contributed by atoms with Gasteiger partial charge in [0.2, 0.25) is 0 Å². The number of rotatable bonds is 3. The van der Waals surface area contributed by atoms with E-state index in [9.17, 15) is 14.7 Å². The predicted molar refractivity (Wildman–Crippen MR) is 67.5 cm³/mol. The number of carbonyl (C=O) groups is 2. The first-order valence-electron chi connectivity index (χ1n) is 6.26. The lowest BCUT2D eigenvalue weighted by Gasteiger charge is -2.28. The van der Waals surface area contributed by atoms with Crippen molar-refractivity contribution < 1.29 is 19.1 Å². The molecule has 1 saturated heterocycles. The molecule has 1 fully saturated rings. The SMILES string of the molecule is CC1CCN(C(=O)N(C)Cc2ccoc2)C1C(=O)O. The number of furan rings is 1. The first-order chi connectivity index (χ1) is 9.00. The van der Waals surface area contributed by atoms with Gasteiger partial charge in [0, 0.05) is 19.2 Å². The number of amides is 2. The quantitative estimate of drug-likeness (QED) is 0.902. The molecule has 2 amide bonds. The molecule has 0 aliphatic carbocycles. The third-order valence-electron chi connectivity index (χ3n) is 3.53. The van der Waals surface area contributed by atoms with Crippen LogP contribution >= 0.6 is 0 Å². The monoisotopic (exact) mass is 266 g/mol. The summed E-state index contributed by atoms with van der Waals surface area (Å²) in [5.41, 5.74) is 0.884. The second-order valence-electron chi connectivity index (χ2n) is 5.01. The maximum absolute atomic E-state index is 12.3. The van der Waals surface area contributed by atoms with Crippen LogP contribution in [0.1, 0.15) is 18.9 Å². The number of carboxylic acids is 1. The molecule has 1 aromatic heterocycles. The van der Waals surface area contributed by atoms with Gasteiger partial charge < -0.3 is 19.3 Å². The van der Waals surface area contributed by atoms with Crippen molar-refractivity contribution in [3.63, 3.8) is 0 Å². The Hall–Kier alpha value is -1.98. The highest BCUT2D eigenvalue weighted by atomic mass is 16.4. The van der Waals surface area contributed by atoms with Crippen LogP contribution in [0, 0.1) is 5.92 Å². The van der Waals surface area contributed by atoms with Gasteiger partial charge in [-0.05, 0) is 18.4 Å². The van der Waals surface area contributed by atoms with Gasteiger partial charge in [-0.15, -0.1) is 0 Å². The molecule has 6 heteroatoms. The third-order valence-corrected chi connectivity index (χ3v) is 3.53. The van der Waals surface area contributed by atoms with Crippen LogP contribution in [-0.2, 0) is 11.3 Å². The summed E-state index contributed by atoms with van der Waals surface area (Å²) in [4.78, 5) is 26.5. The van der Waals surface area contributed by atoms with Gasteiger partial charge in [-0.1, -0.05) is 6.92 Å². The topological polar surface area (TPSA) is 74.0 Å². The zero-order valence-corrected chi connectivity index (χ0v) is 11.1. The highest BCUT2D eigenvalue weighted by Gasteiger charge is 2.40. The summed E-state index contributed by atoms with van der Waals surface area (Å²) in [6.45, 7) is 2.77.